The van der Waals surface area contributed by atoms with Crippen molar-refractivity contribution in [1.82, 2.24) is 19.2 Å². The molecule has 0 aliphatic heterocycles. The molecule has 1 amide bonds. The van der Waals surface area contributed by atoms with Gasteiger partial charge in [0.15, 0.2) is 11.5 Å². The van der Waals surface area contributed by atoms with Gasteiger partial charge in [-0.2, -0.15) is 5.10 Å². The zero-order valence-corrected chi connectivity index (χ0v) is 12.7. The number of anilines is 1. The smallest absolute Gasteiger partial charge is 0.277 e. The molecule has 0 radical (unpaired) electrons. The van der Waals surface area contributed by atoms with Crippen LogP contribution < -0.4 is 5.32 Å². The minimum Gasteiger partial charge on any atom is -0.304 e. The third kappa shape index (κ3) is 2.46. The van der Waals surface area contributed by atoms with E-state index in [2.05, 4.69) is 15.4 Å². The summed E-state index contributed by atoms with van der Waals surface area (Å²) in [5, 5.41) is 6.47. The van der Waals surface area contributed by atoms with Gasteiger partial charge in [-0.15, -0.1) is 0 Å². The molecule has 3 aromatic rings. The van der Waals surface area contributed by atoms with Crippen molar-refractivity contribution in [2.45, 2.75) is 5.16 Å². The fourth-order valence-electron chi connectivity index (χ4n) is 2.10. The quantitative estimate of drug-likeness (QED) is 0.767. The summed E-state index contributed by atoms with van der Waals surface area (Å²) in [5.74, 6) is -0.150. The fourth-order valence-corrected chi connectivity index (χ4v) is 2.87. The number of nitrogens with one attached hydrogen (secondary N) is 1. The van der Waals surface area contributed by atoms with Gasteiger partial charge in [-0.05, 0) is 12.1 Å². The summed E-state index contributed by atoms with van der Waals surface area (Å²) >= 11 is 0. The normalized spacial score (nSPS) is 11.7. The number of pyridine rings is 1. The lowest BCUT2D eigenvalue weighted by molar-refractivity contribution is 0.102. The van der Waals surface area contributed by atoms with Crippen LogP contribution in [0.15, 0.2) is 41.8 Å². The number of rotatable bonds is 3. The van der Waals surface area contributed by atoms with E-state index in [1.807, 2.05) is 0 Å². The number of aromatic nitrogens is 4. The molecule has 0 fully saturated rings. The highest BCUT2D eigenvalue weighted by Crippen LogP contribution is 2.18. The van der Waals surface area contributed by atoms with Crippen molar-refractivity contribution in [3.63, 3.8) is 0 Å². The zero-order valence-electron chi connectivity index (χ0n) is 11.9. The summed E-state index contributed by atoms with van der Waals surface area (Å²) < 4.78 is 26.5. The predicted octanol–water partition coefficient (Wildman–Crippen LogP) is 0.724. The lowest BCUT2D eigenvalue weighted by Gasteiger charge is -1.99. The number of hydrogen-bond acceptors (Lipinski definition) is 5. The Labute approximate surface area is 126 Å². The molecule has 3 heterocycles. The van der Waals surface area contributed by atoms with Gasteiger partial charge in [0.2, 0.25) is 15.0 Å². The highest BCUT2D eigenvalue weighted by molar-refractivity contribution is 7.90. The maximum absolute atomic E-state index is 12.3. The number of sulfone groups is 1. The summed E-state index contributed by atoms with van der Waals surface area (Å²) in [6.07, 6.45) is 4.29. The molecule has 0 saturated carbocycles. The minimum absolute atomic E-state index is 0.0340. The Hall–Kier alpha value is -2.68. The molecular weight excluding hydrogens is 306 g/mol. The van der Waals surface area contributed by atoms with Gasteiger partial charge in [0, 0.05) is 31.8 Å². The first-order valence-corrected chi connectivity index (χ1v) is 8.23. The fraction of sp³-hybridized carbons (Fsp3) is 0.154. The van der Waals surface area contributed by atoms with E-state index in [1.165, 1.54) is 4.40 Å². The van der Waals surface area contributed by atoms with Crippen molar-refractivity contribution in [3.05, 3.63) is 42.4 Å². The molecule has 9 heteroatoms. The van der Waals surface area contributed by atoms with E-state index < -0.39 is 15.7 Å². The van der Waals surface area contributed by atoms with Crippen LogP contribution in [0.5, 0.6) is 0 Å². The minimum atomic E-state index is -3.56. The van der Waals surface area contributed by atoms with E-state index in [1.54, 1.807) is 48.4 Å². The molecule has 114 valence electrons. The van der Waals surface area contributed by atoms with Gasteiger partial charge in [-0.25, -0.2) is 13.4 Å². The maximum atomic E-state index is 12.3. The maximum Gasteiger partial charge on any atom is 0.277 e. The SMILES string of the molecule is Cn1ccc(NC(=O)c2nc(S(C)(=O)=O)n3ccccc23)n1. The number of hydrogen-bond donors (Lipinski definition) is 1. The van der Waals surface area contributed by atoms with Crippen LogP contribution in [0.2, 0.25) is 0 Å². The average molecular weight is 319 g/mol. The average Bonchev–Trinajstić information content (AvgIpc) is 3.02. The summed E-state index contributed by atoms with van der Waals surface area (Å²) in [7, 11) is -1.83. The van der Waals surface area contributed by atoms with E-state index in [-0.39, 0.29) is 10.9 Å². The van der Waals surface area contributed by atoms with E-state index in [9.17, 15) is 13.2 Å². The predicted molar refractivity (Wildman–Crippen MR) is 79.5 cm³/mol. The highest BCUT2D eigenvalue weighted by Gasteiger charge is 2.23. The van der Waals surface area contributed by atoms with Crippen molar-refractivity contribution in [2.24, 2.45) is 7.05 Å². The Morgan fingerprint density at radius 3 is 2.64 bits per heavy atom. The third-order valence-electron chi connectivity index (χ3n) is 3.02. The van der Waals surface area contributed by atoms with Crippen LogP contribution in [-0.2, 0) is 16.9 Å². The Bertz CT molecular complexity index is 971. The molecule has 0 spiro atoms. The van der Waals surface area contributed by atoms with Gasteiger partial charge in [0.05, 0.1) is 5.52 Å². The number of carbonyl (C=O) groups is 1. The van der Waals surface area contributed by atoms with Crippen molar-refractivity contribution < 1.29 is 13.2 Å². The van der Waals surface area contributed by atoms with Gasteiger partial charge >= 0.3 is 0 Å². The van der Waals surface area contributed by atoms with Crippen molar-refractivity contribution in [2.75, 3.05) is 11.6 Å². The number of aryl methyl sites for hydroxylation is 1. The Kier molecular flexibility index (Phi) is 3.21. The lowest BCUT2D eigenvalue weighted by atomic mass is 10.3. The van der Waals surface area contributed by atoms with Gasteiger partial charge in [0.1, 0.15) is 0 Å². The van der Waals surface area contributed by atoms with Crippen LogP contribution in [0, 0.1) is 0 Å². The first-order valence-electron chi connectivity index (χ1n) is 6.34. The standard InChI is InChI=1S/C13H13N5O3S/c1-17-8-6-10(16-17)14-12(19)11-9-5-3-4-7-18(9)13(15-11)22(2,20)21/h3-8H,1-2H3,(H,14,16,19). The summed E-state index contributed by atoms with van der Waals surface area (Å²) in [5.41, 5.74) is 0.447. The van der Waals surface area contributed by atoms with Crippen molar-refractivity contribution in [1.29, 1.82) is 0 Å². The van der Waals surface area contributed by atoms with E-state index in [0.29, 0.717) is 11.3 Å². The van der Waals surface area contributed by atoms with Crippen LogP contribution in [0.3, 0.4) is 0 Å². The summed E-state index contributed by atoms with van der Waals surface area (Å²) in [6, 6.07) is 6.65. The van der Waals surface area contributed by atoms with Crippen LogP contribution >= 0.6 is 0 Å². The lowest BCUT2D eigenvalue weighted by Crippen LogP contribution is -2.13. The van der Waals surface area contributed by atoms with Crippen molar-refractivity contribution in [3.8, 4) is 0 Å². The topological polar surface area (TPSA) is 98.4 Å². The second-order valence-electron chi connectivity index (χ2n) is 4.80. The molecule has 8 nitrogen and oxygen atoms in total. The largest absolute Gasteiger partial charge is 0.304 e. The molecule has 0 unspecified atom stereocenters. The molecule has 3 aromatic heterocycles. The number of nitrogens with zero attached hydrogens (tertiary/aromatic N) is 4. The van der Waals surface area contributed by atoms with Crippen LogP contribution in [0.1, 0.15) is 10.5 Å². The highest BCUT2D eigenvalue weighted by atomic mass is 32.2. The van der Waals surface area contributed by atoms with Gasteiger partial charge in [-0.1, -0.05) is 6.07 Å². The molecule has 0 aliphatic rings. The second-order valence-corrected chi connectivity index (χ2v) is 6.71. The number of amides is 1. The second kappa shape index (κ2) is 4.95. The molecule has 3 rings (SSSR count). The van der Waals surface area contributed by atoms with Crippen LogP contribution in [-0.4, -0.2) is 39.7 Å². The van der Waals surface area contributed by atoms with Crippen LogP contribution in [0.4, 0.5) is 5.82 Å². The monoisotopic (exact) mass is 319 g/mol. The molecule has 0 aliphatic carbocycles. The summed E-state index contributed by atoms with van der Waals surface area (Å²) in [6.45, 7) is 0. The first kappa shape index (κ1) is 14.3. The first-order chi connectivity index (χ1) is 10.4. The van der Waals surface area contributed by atoms with Crippen LogP contribution in [0.25, 0.3) is 5.52 Å². The molecule has 0 bridgehead atoms. The number of fused-ring (bicyclic) bond motifs is 1. The van der Waals surface area contributed by atoms with Gasteiger partial charge in [-0.3, -0.25) is 13.9 Å². The number of carbonyl (C=O) groups excluding carboxylic acids is 1. The van der Waals surface area contributed by atoms with E-state index >= 15 is 0 Å². The molecule has 0 aromatic carbocycles. The third-order valence-corrected chi connectivity index (χ3v) is 3.97. The Morgan fingerprint density at radius 1 is 1.23 bits per heavy atom. The number of imidazole rings is 1. The van der Waals surface area contributed by atoms with Crippen molar-refractivity contribution >= 4 is 27.1 Å². The van der Waals surface area contributed by atoms with E-state index in [4.69, 9.17) is 0 Å². The van der Waals surface area contributed by atoms with E-state index in [0.717, 1.165) is 6.26 Å². The Morgan fingerprint density at radius 2 is 2.00 bits per heavy atom. The zero-order chi connectivity index (χ0) is 15.9. The molecule has 0 atom stereocenters. The molecular formula is C13H13N5O3S. The molecule has 22 heavy (non-hydrogen) atoms. The van der Waals surface area contributed by atoms with Gasteiger partial charge < -0.3 is 5.32 Å². The molecule has 0 saturated heterocycles. The Balaban J connectivity index is 2.09. The summed E-state index contributed by atoms with van der Waals surface area (Å²) in [4.78, 5) is 16.3. The molecule has 1 N–H and O–H groups in total. The van der Waals surface area contributed by atoms with Gasteiger partial charge in [0.25, 0.3) is 5.91 Å².